The zero-order chi connectivity index (χ0) is 19.1. The van der Waals surface area contributed by atoms with E-state index in [2.05, 4.69) is 27.3 Å². The molecular weight excluding hydrogens is 354 g/mol. The van der Waals surface area contributed by atoms with Gasteiger partial charge in [-0.1, -0.05) is 18.2 Å². The number of hydrogen-bond acceptors (Lipinski definition) is 3. The first-order chi connectivity index (χ1) is 13.7. The minimum atomic E-state index is -0.354. The number of amides is 2. The third kappa shape index (κ3) is 3.05. The average Bonchev–Trinajstić information content (AvgIpc) is 3.29. The van der Waals surface area contributed by atoms with Gasteiger partial charge in [-0.25, -0.2) is 4.79 Å². The fourth-order valence-electron chi connectivity index (χ4n) is 5.50. The van der Waals surface area contributed by atoms with Gasteiger partial charge in [0.2, 0.25) is 5.91 Å². The highest BCUT2D eigenvalue weighted by molar-refractivity contribution is 5.83. The number of rotatable bonds is 4. The van der Waals surface area contributed by atoms with Crippen molar-refractivity contribution in [2.45, 2.75) is 50.7 Å². The lowest BCUT2D eigenvalue weighted by atomic mass is 9.84. The van der Waals surface area contributed by atoms with Gasteiger partial charge < -0.3 is 19.9 Å². The number of alkyl carbamates (subject to hydrolysis) is 1. The first-order valence-corrected chi connectivity index (χ1v) is 10.5. The normalized spacial score (nSPS) is 29.0. The zero-order valence-electron chi connectivity index (χ0n) is 16.0. The molecule has 3 fully saturated rings. The standard InChI is InChI=1S/C22H27N3O3/c26-21-15-11-17(19-7-3-4-10-25(19)21)20(12-15)28-22(27)23-9-8-14-13-24-18-6-2-1-5-16(14)18/h1-2,5-6,13,15,17,19-20,24H,3-4,7-12H2,(H,23,27)/t15?,17?,19-,20?/m1/s1. The monoisotopic (exact) mass is 381 g/mol. The minimum Gasteiger partial charge on any atom is -0.446 e. The van der Waals surface area contributed by atoms with Gasteiger partial charge in [0.1, 0.15) is 6.10 Å². The van der Waals surface area contributed by atoms with Crippen molar-refractivity contribution in [2.24, 2.45) is 11.8 Å². The van der Waals surface area contributed by atoms with Gasteiger partial charge in [0, 0.05) is 48.1 Å². The lowest BCUT2D eigenvalue weighted by molar-refractivity contribution is -0.143. The number of aromatic nitrogens is 1. The molecule has 2 saturated heterocycles. The van der Waals surface area contributed by atoms with Crippen molar-refractivity contribution in [1.29, 1.82) is 0 Å². The number of benzene rings is 1. The molecule has 1 aromatic carbocycles. The van der Waals surface area contributed by atoms with Gasteiger partial charge in [-0.15, -0.1) is 0 Å². The third-order valence-electron chi connectivity index (χ3n) is 6.82. The van der Waals surface area contributed by atoms with Crippen molar-refractivity contribution < 1.29 is 14.3 Å². The van der Waals surface area contributed by atoms with Crippen LogP contribution in [-0.4, -0.2) is 47.1 Å². The van der Waals surface area contributed by atoms with E-state index in [4.69, 9.17) is 4.74 Å². The predicted molar refractivity (Wildman–Crippen MR) is 106 cm³/mol. The maximum atomic E-state index is 12.6. The van der Waals surface area contributed by atoms with E-state index in [1.54, 1.807) is 0 Å². The van der Waals surface area contributed by atoms with E-state index in [1.807, 2.05) is 18.3 Å². The molecule has 4 atom stereocenters. The Morgan fingerprint density at radius 2 is 2.14 bits per heavy atom. The van der Waals surface area contributed by atoms with E-state index in [0.29, 0.717) is 18.9 Å². The number of fused-ring (bicyclic) bond motifs is 5. The highest BCUT2D eigenvalue weighted by atomic mass is 16.6. The van der Waals surface area contributed by atoms with Crippen molar-refractivity contribution in [3.63, 3.8) is 0 Å². The van der Waals surface area contributed by atoms with Crippen molar-refractivity contribution in [3.05, 3.63) is 36.0 Å². The molecule has 3 unspecified atom stereocenters. The molecule has 148 valence electrons. The number of aromatic amines is 1. The maximum Gasteiger partial charge on any atom is 0.407 e. The number of carbonyl (C=O) groups is 2. The molecule has 0 radical (unpaired) electrons. The largest absolute Gasteiger partial charge is 0.446 e. The smallest absolute Gasteiger partial charge is 0.407 e. The van der Waals surface area contributed by atoms with Crippen molar-refractivity contribution in [3.8, 4) is 0 Å². The average molecular weight is 381 g/mol. The van der Waals surface area contributed by atoms with E-state index >= 15 is 0 Å². The summed E-state index contributed by atoms with van der Waals surface area (Å²) in [6.45, 7) is 1.41. The zero-order valence-corrected chi connectivity index (χ0v) is 16.0. The highest BCUT2D eigenvalue weighted by Gasteiger charge is 2.52. The minimum absolute atomic E-state index is 0.0448. The molecule has 3 aliphatic rings. The van der Waals surface area contributed by atoms with E-state index in [1.165, 1.54) is 17.4 Å². The Hall–Kier alpha value is -2.50. The summed E-state index contributed by atoms with van der Waals surface area (Å²) in [6, 6.07) is 8.44. The second-order valence-electron chi connectivity index (χ2n) is 8.41. The van der Waals surface area contributed by atoms with Crippen molar-refractivity contribution in [1.82, 2.24) is 15.2 Å². The summed E-state index contributed by atoms with van der Waals surface area (Å²) in [5.74, 6) is 0.637. The Labute approximate surface area is 164 Å². The molecule has 28 heavy (non-hydrogen) atoms. The summed E-state index contributed by atoms with van der Waals surface area (Å²) in [5, 5.41) is 4.09. The molecule has 2 N–H and O–H groups in total. The number of nitrogens with one attached hydrogen (secondary N) is 2. The number of nitrogens with zero attached hydrogens (tertiary/aromatic N) is 1. The SMILES string of the molecule is O=C(NCCc1c[nH]c2ccccc12)OC1CC2CC1[C@H]1CCCCN1C2=O. The van der Waals surface area contributed by atoms with Crippen LogP contribution in [0.5, 0.6) is 0 Å². The topological polar surface area (TPSA) is 74.4 Å². The number of piperidine rings is 2. The summed E-state index contributed by atoms with van der Waals surface area (Å²) in [4.78, 5) is 30.3. The van der Waals surface area contributed by atoms with Crippen LogP contribution >= 0.6 is 0 Å². The second kappa shape index (κ2) is 7.15. The Balaban J connectivity index is 1.17. The van der Waals surface area contributed by atoms with Crippen LogP contribution in [0.25, 0.3) is 10.9 Å². The molecule has 2 amide bonds. The van der Waals surface area contributed by atoms with Gasteiger partial charge in [0.05, 0.1) is 0 Å². The van der Waals surface area contributed by atoms with Crippen molar-refractivity contribution >= 4 is 22.9 Å². The number of ether oxygens (including phenoxy) is 1. The van der Waals surface area contributed by atoms with Crippen LogP contribution in [0.3, 0.4) is 0 Å². The lowest BCUT2D eigenvalue weighted by Gasteiger charge is -2.43. The Bertz CT molecular complexity index is 892. The summed E-state index contributed by atoms with van der Waals surface area (Å²) in [5.41, 5.74) is 2.30. The summed E-state index contributed by atoms with van der Waals surface area (Å²) in [7, 11) is 0. The second-order valence-corrected chi connectivity index (χ2v) is 8.41. The van der Waals surface area contributed by atoms with Gasteiger partial charge in [0.25, 0.3) is 0 Å². The number of hydrogen-bond donors (Lipinski definition) is 2. The van der Waals surface area contributed by atoms with E-state index in [-0.39, 0.29) is 30.1 Å². The first-order valence-electron chi connectivity index (χ1n) is 10.5. The summed E-state index contributed by atoms with van der Waals surface area (Å²) >= 11 is 0. The third-order valence-corrected chi connectivity index (χ3v) is 6.82. The molecule has 1 aliphatic carbocycles. The van der Waals surface area contributed by atoms with Crippen LogP contribution in [0, 0.1) is 11.8 Å². The molecule has 2 bridgehead atoms. The van der Waals surface area contributed by atoms with Crippen LogP contribution < -0.4 is 5.32 Å². The first kappa shape index (κ1) is 17.6. The molecule has 1 saturated carbocycles. The quantitative estimate of drug-likeness (QED) is 0.854. The molecule has 3 heterocycles. The Morgan fingerprint density at radius 3 is 3.07 bits per heavy atom. The molecule has 6 nitrogen and oxygen atoms in total. The van der Waals surface area contributed by atoms with Crippen LogP contribution in [-0.2, 0) is 16.0 Å². The molecule has 2 aliphatic heterocycles. The highest BCUT2D eigenvalue weighted by Crippen LogP contribution is 2.45. The van der Waals surface area contributed by atoms with Crippen LogP contribution in [0.1, 0.15) is 37.7 Å². The predicted octanol–water partition coefficient (Wildman–Crippen LogP) is 3.23. The van der Waals surface area contributed by atoms with Gasteiger partial charge in [0.15, 0.2) is 0 Å². The number of para-hydroxylation sites is 1. The maximum absolute atomic E-state index is 12.6. The van der Waals surface area contributed by atoms with Crippen LogP contribution in [0.2, 0.25) is 0 Å². The number of H-pyrrole nitrogens is 1. The summed E-state index contributed by atoms with van der Waals surface area (Å²) < 4.78 is 5.79. The molecule has 1 aromatic heterocycles. The molecule has 0 spiro atoms. The van der Waals surface area contributed by atoms with Gasteiger partial charge >= 0.3 is 6.09 Å². The fraction of sp³-hybridized carbons (Fsp3) is 0.545. The van der Waals surface area contributed by atoms with E-state index in [9.17, 15) is 9.59 Å². The van der Waals surface area contributed by atoms with Crippen LogP contribution in [0.4, 0.5) is 4.79 Å². The van der Waals surface area contributed by atoms with Crippen LogP contribution in [0.15, 0.2) is 30.5 Å². The fourth-order valence-corrected chi connectivity index (χ4v) is 5.50. The lowest BCUT2D eigenvalue weighted by Crippen LogP contribution is -2.53. The molecular formula is C22H27N3O3. The Morgan fingerprint density at radius 1 is 1.25 bits per heavy atom. The van der Waals surface area contributed by atoms with Gasteiger partial charge in [-0.05, 0) is 50.2 Å². The van der Waals surface area contributed by atoms with Crippen molar-refractivity contribution in [2.75, 3.05) is 13.1 Å². The molecule has 6 heteroatoms. The Kier molecular flexibility index (Phi) is 4.49. The number of carbonyl (C=O) groups excluding carboxylic acids is 2. The summed E-state index contributed by atoms with van der Waals surface area (Å²) in [6.07, 6.45) is 7.15. The molecule has 5 rings (SSSR count). The van der Waals surface area contributed by atoms with E-state index < -0.39 is 0 Å². The molecule has 2 aromatic rings. The van der Waals surface area contributed by atoms with Gasteiger partial charge in [-0.2, -0.15) is 0 Å². The van der Waals surface area contributed by atoms with Gasteiger partial charge in [-0.3, -0.25) is 4.79 Å². The van der Waals surface area contributed by atoms with E-state index in [0.717, 1.165) is 37.7 Å².